The molecule has 1 rings (SSSR count). The van der Waals surface area contributed by atoms with Gasteiger partial charge >= 0.3 is 0 Å². The lowest BCUT2D eigenvalue weighted by atomic mass is 10.3. The molecular weight excluding hydrogens is 300 g/mol. The average Bonchev–Trinajstić information content (AvgIpc) is 2.37. The number of amides is 1. The molecule has 0 aliphatic rings. The summed E-state index contributed by atoms with van der Waals surface area (Å²) in [5, 5.41) is 11.3. The van der Waals surface area contributed by atoms with Crippen molar-refractivity contribution in [3.05, 3.63) is 24.3 Å². The van der Waals surface area contributed by atoms with Gasteiger partial charge in [-0.05, 0) is 30.5 Å². The maximum Gasteiger partial charge on any atom is 0.264 e. The standard InChI is InChI=1S/C11H12N4O3S2/c1-8(16)15-20(17,18)10-5-3-9(4-6-10)14-11(19-2)13-7-12/h3-6H,1-2H3,(H,13,14)(H,15,16). The van der Waals surface area contributed by atoms with Crippen LogP contribution in [0.4, 0.5) is 5.69 Å². The molecule has 0 bridgehead atoms. The summed E-state index contributed by atoms with van der Waals surface area (Å²) in [4.78, 5) is 14.9. The van der Waals surface area contributed by atoms with Crippen LogP contribution in [0.15, 0.2) is 34.2 Å². The number of hydrogen-bond donors (Lipinski definition) is 2. The van der Waals surface area contributed by atoms with Crippen molar-refractivity contribution in [2.75, 3.05) is 6.26 Å². The number of amidine groups is 1. The maximum absolute atomic E-state index is 11.7. The summed E-state index contributed by atoms with van der Waals surface area (Å²) in [5.41, 5.74) is 0.485. The second-order valence-electron chi connectivity index (χ2n) is 3.51. The summed E-state index contributed by atoms with van der Waals surface area (Å²) < 4.78 is 25.3. The molecule has 0 atom stereocenters. The van der Waals surface area contributed by atoms with Gasteiger partial charge in [0.05, 0.1) is 10.6 Å². The number of carbonyl (C=O) groups excluding carboxylic acids is 1. The molecule has 0 unspecified atom stereocenters. The summed E-state index contributed by atoms with van der Waals surface area (Å²) in [5.74, 6) is -0.657. The smallest absolute Gasteiger partial charge is 0.264 e. The predicted octanol–water partition coefficient (Wildman–Crippen LogP) is 0.933. The fourth-order valence-electron chi connectivity index (χ4n) is 1.24. The second-order valence-corrected chi connectivity index (χ2v) is 5.99. The molecule has 0 heterocycles. The SMILES string of the molecule is CSC(=Nc1ccc(S(=O)(=O)NC(C)=O)cc1)NC#N. The largest absolute Gasteiger partial charge is 0.274 e. The number of nitrogens with one attached hydrogen (secondary N) is 2. The quantitative estimate of drug-likeness (QED) is 0.372. The number of rotatable bonds is 3. The van der Waals surface area contributed by atoms with Crippen LogP contribution in [0.3, 0.4) is 0 Å². The van der Waals surface area contributed by atoms with Gasteiger partial charge < -0.3 is 0 Å². The van der Waals surface area contributed by atoms with Crippen molar-refractivity contribution >= 4 is 38.5 Å². The summed E-state index contributed by atoms with van der Waals surface area (Å²) in [6, 6.07) is 5.61. The fraction of sp³-hybridized carbons (Fsp3) is 0.182. The number of benzene rings is 1. The Morgan fingerprint density at radius 3 is 2.40 bits per heavy atom. The molecule has 0 saturated heterocycles. The van der Waals surface area contributed by atoms with Gasteiger partial charge in [0, 0.05) is 6.92 Å². The number of carbonyl (C=O) groups is 1. The monoisotopic (exact) mass is 312 g/mol. The lowest BCUT2D eigenvalue weighted by Crippen LogP contribution is -2.28. The Balaban J connectivity index is 3.00. The first-order chi connectivity index (χ1) is 9.39. The van der Waals surface area contributed by atoms with Gasteiger partial charge in [-0.15, -0.1) is 0 Å². The van der Waals surface area contributed by atoms with Crippen molar-refractivity contribution < 1.29 is 13.2 Å². The van der Waals surface area contributed by atoms with Gasteiger partial charge in [0.1, 0.15) is 0 Å². The summed E-state index contributed by atoms with van der Waals surface area (Å²) in [7, 11) is -3.84. The van der Waals surface area contributed by atoms with Crippen LogP contribution in [0.5, 0.6) is 0 Å². The molecule has 0 fully saturated rings. The van der Waals surface area contributed by atoms with Crippen LogP contribution in [0.25, 0.3) is 0 Å². The molecule has 0 radical (unpaired) electrons. The topological polar surface area (TPSA) is 111 Å². The van der Waals surface area contributed by atoms with E-state index in [9.17, 15) is 13.2 Å². The molecule has 9 heteroatoms. The molecule has 106 valence electrons. The van der Waals surface area contributed by atoms with Crippen molar-refractivity contribution in [3.63, 3.8) is 0 Å². The Morgan fingerprint density at radius 2 is 1.95 bits per heavy atom. The van der Waals surface area contributed by atoms with Crippen LogP contribution in [0.2, 0.25) is 0 Å². The maximum atomic E-state index is 11.7. The third kappa shape index (κ3) is 4.56. The molecule has 7 nitrogen and oxygen atoms in total. The molecule has 20 heavy (non-hydrogen) atoms. The Kier molecular flexibility index (Phi) is 5.54. The molecule has 2 N–H and O–H groups in total. The van der Waals surface area contributed by atoms with E-state index in [1.54, 1.807) is 12.4 Å². The Hall–Kier alpha value is -2.05. The van der Waals surface area contributed by atoms with Crippen molar-refractivity contribution in [1.29, 1.82) is 5.26 Å². The number of nitriles is 1. The van der Waals surface area contributed by atoms with Crippen LogP contribution in [-0.2, 0) is 14.8 Å². The van der Waals surface area contributed by atoms with Gasteiger partial charge in [-0.2, -0.15) is 5.26 Å². The zero-order valence-electron chi connectivity index (χ0n) is 10.7. The predicted molar refractivity (Wildman–Crippen MR) is 76.8 cm³/mol. The van der Waals surface area contributed by atoms with Crippen molar-refractivity contribution in [3.8, 4) is 6.19 Å². The highest BCUT2D eigenvalue weighted by Crippen LogP contribution is 2.17. The van der Waals surface area contributed by atoms with Crippen LogP contribution in [0, 0.1) is 11.5 Å². The first kappa shape index (κ1) is 16.0. The normalized spacial score (nSPS) is 11.6. The van der Waals surface area contributed by atoms with E-state index in [0.717, 1.165) is 6.92 Å². The molecule has 1 aromatic rings. The number of aliphatic imine (C=N–C) groups is 1. The Morgan fingerprint density at radius 1 is 1.35 bits per heavy atom. The van der Waals surface area contributed by atoms with E-state index in [1.165, 1.54) is 36.0 Å². The van der Waals surface area contributed by atoms with E-state index in [1.807, 2.05) is 4.72 Å². The minimum atomic E-state index is -3.84. The van der Waals surface area contributed by atoms with Gasteiger partial charge in [-0.1, -0.05) is 11.8 Å². The molecule has 0 aliphatic carbocycles. The van der Waals surface area contributed by atoms with Crippen LogP contribution in [0.1, 0.15) is 6.92 Å². The van der Waals surface area contributed by atoms with Crippen LogP contribution < -0.4 is 10.0 Å². The van der Waals surface area contributed by atoms with Gasteiger partial charge in [-0.3, -0.25) is 10.1 Å². The lowest BCUT2D eigenvalue weighted by Gasteiger charge is -2.05. The van der Waals surface area contributed by atoms with Crippen molar-refractivity contribution in [2.24, 2.45) is 4.99 Å². The second kappa shape index (κ2) is 6.93. The van der Waals surface area contributed by atoms with Crippen molar-refractivity contribution in [1.82, 2.24) is 10.0 Å². The summed E-state index contributed by atoms with van der Waals surface area (Å²) >= 11 is 1.25. The molecule has 0 aliphatic heterocycles. The van der Waals surface area contributed by atoms with Crippen LogP contribution >= 0.6 is 11.8 Å². The van der Waals surface area contributed by atoms with Crippen LogP contribution in [-0.4, -0.2) is 25.7 Å². The molecule has 0 aromatic heterocycles. The van der Waals surface area contributed by atoms with Gasteiger partial charge in [0.2, 0.25) is 5.91 Å². The number of sulfonamides is 1. The number of thioether (sulfide) groups is 1. The van der Waals surface area contributed by atoms with E-state index >= 15 is 0 Å². The minimum absolute atomic E-state index is 0.0365. The minimum Gasteiger partial charge on any atom is -0.274 e. The Labute approximate surface area is 121 Å². The van der Waals surface area contributed by atoms with E-state index in [2.05, 4.69) is 10.3 Å². The third-order valence-corrected chi connectivity index (χ3v) is 4.04. The van der Waals surface area contributed by atoms with Gasteiger partial charge in [0.25, 0.3) is 10.0 Å². The van der Waals surface area contributed by atoms with E-state index in [0.29, 0.717) is 10.9 Å². The summed E-state index contributed by atoms with van der Waals surface area (Å²) in [6.45, 7) is 1.12. The zero-order chi connectivity index (χ0) is 15.2. The first-order valence-corrected chi connectivity index (χ1v) is 8.01. The van der Waals surface area contributed by atoms with Gasteiger partial charge in [-0.25, -0.2) is 18.1 Å². The molecule has 1 aromatic carbocycles. The highest BCUT2D eigenvalue weighted by atomic mass is 32.2. The van der Waals surface area contributed by atoms with Crippen molar-refractivity contribution in [2.45, 2.75) is 11.8 Å². The van der Waals surface area contributed by atoms with E-state index in [-0.39, 0.29) is 4.90 Å². The average molecular weight is 312 g/mol. The third-order valence-electron chi connectivity index (χ3n) is 2.01. The Bertz CT molecular complexity index is 660. The molecule has 0 spiro atoms. The fourth-order valence-corrected chi connectivity index (χ4v) is 2.57. The van der Waals surface area contributed by atoms with E-state index < -0.39 is 15.9 Å². The van der Waals surface area contributed by atoms with E-state index in [4.69, 9.17) is 5.26 Å². The first-order valence-electron chi connectivity index (χ1n) is 5.30. The molecule has 0 saturated carbocycles. The summed E-state index contributed by atoms with van der Waals surface area (Å²) in [6.07, 6.45) is 3.50. The highest BCUT2D eigenvalue weighted by molar-refractivity contribution is 8.13. The van der Waals surface area contributed by atoms with Gasteiger partial charge in [0.15, 0.2) is 11.4 Å². The molecule has 1 amide bonds. The zero-order valence-corrected chi connectivity index (χ0v) is 12.4. The molecular formula is C11H12N4O3S2. The number of hydrogen-bond acceptors (Lipinski definition) is 6. The highest BCUT2D eigenvalue weighted by Gasteiger charge is 2.14. The lowest BCUT2D eigenvalue weighted by molar-refractivity contribution is -0.117. The number of nitrogens with zero attached hydrogens (tertiary/aromatic N) is 2.